The molecule has 1 aromatic heterocycles. The number of benzene rings is 1. The molecule has 0 aliphatic rings. The van der Waals surface area contributed by atoms with E-state index in [0.29, 0.717) is 17.9 Å². The van der Waals surface area contributed by atoms with Gasteiger partial charge >= 0.3 is 5.97 Å². The normalized spacial score (nSPS) is 10.2. The maximum atomic E-state index is 11.3. The Kier molecular flexibility index (Phi) is 5.14. The summed E-state index contributed by atoms with van der Waals surface area (Å²) in [5, 5.41) is 0. The standard InChI is InChI=1S/C14H11Br2NO3/c1-19-14(18)9-5-6-10(17-7-9)8-20-13-11(15)3-2-4-12(13)16/h2-7H,8H2,1H3. The van der Waals surface area contributed by atoms with Crippen molar-refractivity contribution in [1.82, 2.24) is 4.98 Å². The van der Waals surface area contributed by atoms with Crippen LogP contribution in [0.1, 0.15) is 16.1 Å². The summed E-state index contributed by atoms with van der Waals surface area (Å²) in [6.07, 6.45) is 1.47. The highest BCUT2D eigenvalue weighted by atomic mass is 79.9. The van der Waals surface area contributed by atoms with Gasteiger partial charge in [-0.15, -0.1) is 0 Å². The molecule has 0 bridgehead atoms. The van der Waals surface area contributed by atoms with E-state index < -0.39 is 5.97 Å². The molecule has 0 aliphatic heterocycles. The zero-order valence-corrected chi connectivity index (χ0v) is 13.8. The van der Waals surface area contributed by atoms with Gasteiger partial charge < -0.3 is 9.47 Å². The Hall–Kier alpha value is -1.40. The number of para-hydroxylation sites is 1. The van der Waals surface area contributed by atoms with Crippen LogP contribution in [0.3, 0.4) is 0 Å². The summed E-state index contributed by atoms with van der Waals surface area (Å²) in [6, 6.07) is 9.09. The molecule has 104 valence electrons. The van der Waals surface area contributed by atoms with Gasteiger partial charge in [-0.25, -0.2) is 4.79 Å². The molecule has 0 radical (unpaired) electrons. The van der Waals surface area contributed by atoms with Crippen LogP contribution in [0.2, 0.25) is 0 Å². The number of aromatic nitrogens is 1. The minimum atomic E-state index is -0.404. The molecule has 0 aliphatic carbocycles. The van der Waals surface area contributed by atoms with Crippen LogP contribution < -0.4 is 4.74 Å². The molecule has 20 heavy (non-hydrogen) atoms. The average Bonchev–Trinajstić information content (AvgIpc) is 2.46. The number of carbonyl (C=O) groups excluding carboxylic acids is 1. The number of esters is 1. The first kappa shape index (κ1) is 15.0. The van der Waals surface area contributed by atoms with Crippen molar-refractivity contribution < 1.29 is 14.3 Å². The van der Waals surface area contributed by atoms with Crippen LogP contribution in [0.4, 0.5) is 0 Å². The highest BCUT2D eigenvalue weighted by molar-refractivity contribution is 9.11. The third-order valence-electron chi connectivity index (χ3n) is 2.53. The third kappa shape index (κ3) is 3.58. The highest BCUT2D eigenvalue weighted by Crippen LogP contribution is 2.33. The zero-order chi connectivity index (χ0) is 14.5. The van der Waals surface area contributed by atoms with Crippen molar-refractivity contribution in [3.05, 3.63) is 56.7 Å². The lowest BCUT2D eigenvalue weighted by molar-refractivity contribution is 0.0600. The summed E-state index contributed by atoms with van der Waals surface area (Å²) >= 11 is 6.85. The van der Waals surface area contributed by atoms with Gasteiger partial charge in [-0.2, -0.15) is 0 Å². The molecule has 0 unspecified atom stereocenters. The number of methoxy groups -OCH3 is 1. The Bertz CT molecular complexity index is 594. The van der Waals surface area contributed by atoms with Gasteiger partial charge in [0.2, 0.25) is 0 Å². The smallest absolute Gasteiger partial charge is 0.339 e. The first-order chi connectivity index (χ1) is 9.61. The molecule has 0 saturated heterocycles. The summed E-state index contributed by atoms with van der Waals surface area (Å²) in [4.78, 5) is 15.5. The van der Waals surface area contributed by atoms with E-state index in [-0.39, 0.29) is 0 Å². The van der Waals surface area contributed by atoms with E-state index in [1.165, 1.54) is 13.3 Å². The maximum absolute atomic E-state index is 11.3. The molecule has 1 aromatic carbocycles. The van der Waals surface area contributed by atoms with Crippen LogP contribution in [0.25, 0.3) is 0 Å². The number of ether oxygens (including phenoxy) is 2. The second-order valence-electron chi connectivity index (χ2n) is 3.87. The van der Waals surface area contributed by atoms with Crippen LogP contribution in [0.5, 0.6) is 5.75 Å². The number of pyridine rings is 1. The molecule has 0 N–H and O–H groups in total. The van der Waals surface area contributed by atoms with Crippen LogP contribution in [-0.2, 0) is 11.3 Å². The second kappa shape index (κ2) is 6.85. The first-order valence-electron chi connectivity index (χ1n) is 5.72. The van der Waals surface area contributed by atoms with Gasteiger partial charge in [-0.1, -0.05) is 6.07 Å². The lowest BCUT2D eigenvalue weighted by Crippen LogP contribution is -2.04. The predicted molar refractivity (Wildman–Crippen MR) is 81.8 cm³/mol. The van der Waals surface area contributed by atoms with E-state index in [1.807, 2.05) is 18.2 Å². The SMILES string of the molecule is COC(=O)c1ccc(COc2c(Br)cccc2Br)nc1. The number of hydrogen-bond donors (Lipinski definition) is 0. The summed E-state index contributed by atoms with van der Waals surface area (Å²) in [5.74, 6) is 0.310. The maximum Gasteiger partial charge on any atom is 0.339 e. The molecule has 4 nitrogen and oxygen atoms in total. The summed E-state index contributed by atoms with van der Waals surface area (Å²) in [7, 11) is 1.34. The fourth-order valence-corrected chi connectivity index (χ4v) is 2.74. The van der Waals surface area contributed by atoms with Gasteiger partial charge in [-0.3, -0.25) is 4.98 Å². The number of halogens is 2. The van der Waals surface area contributed by atoms with Gasteiger partial charge in [-0.05, 0) is 56.1 Å². The van der Waals surface area contributed by atoms with Gasteiger partial charge in [0.25, 0.3) is 0 Å². The molecular formula is C14H11Br2NO3. The van der Waals surface area contributed by atoms with Crippen molar-refractivity contribution in [2.24, 2.45) is 0 Å². The summed E-state index contributed by atoms with van der Waals surface area (Å²) < 4.78 is 12.0. The molecular weight excluding hydrogens is 390 g/mol. The van der Waals surface area contributed by atoms with E-state index in [1.54, 1.807) is 12.1 Å². The topological polar surface area (TPSA) is 48.4 Å². The molecule has 1 heterocycles. The van der Waals surface area contributed by atoms with Crippen LogP contribution in [0, 0.1) is 0 Å². The first-order valence-corrected chi connectivity index (χ1v) is 7.30. The summed E-state index contributed by atoms with van der Waals surface area (Å²) in [6.45, 7) is 0.308. The van der Waals surface area contributed by atoms with Crippen molar-refractivity contribution in [3.63, 3.8) is 0 Å². The lowest BCUT2D eigenvalue weighted by atomic mass is 10.2. The fourth-order valence-electron chi connectivity index (χ4n) is 1.51. The van der Waals surface area contributed by atoms with Gasteiger partial charge in [0.15, 0.2) is 0 Å². The Morgan fingerprint density at radius 3 is 2.45 bits per heavy atom. The van der Waals surface area contributed by atoms with Crippen LogP contribution >= 0.6 is 31.9 Å². The van der Waals surface area contributed by atoms with Gasteiger partial charge in [0, 0.05) is 6.20 Å². The average molecular weight is 401 g/mol. The van der Waals surface area contributed by atoms with Gasteiger partial charge in [0.05, 0.1) is 27.3 Å². The fraction of sp³-hybridized carbons (Fsp3) is 0.143. The third-order valence-corrected chi connectivity index (χ3v) is 3.78. The number of carbonyl (C=O) groups is 1. The zero-order valence-electron chi connectivity index (χ0n) is 10.6. The molecule has 2 aromatic rings. The molecule has 0 atom stereocenters. The number of nitrogens with zero attached hydrogens (tertiary/aromatic N) is 1. The summed E-state index contributed by atoms with van der Waals surface area (Å²) in [5.41, 5.74) is 1.14. The minimum absolute atomic E-state index is 0.308. The van der Waals surface area contributed by atoms with E-state index >= 15 is 0 Å². The van der Waals surface area contributed by atoms with E-state index in [2.05, 4.69) is 41.6 Å². The van der Waals surface area contributed by atoms with E-state index in [4.69, 9.17) is 4.74 Å². The monoisotopic (exact) mass is 399 g/mol. The predicted octanol–water partition coefficient (Wildman–Crippen LogP) is 3.97. The Balaban J connectivity index is 2.06. The van der Waals surface area contributed by atoms with Crippen LogP contribution in [0.15, 0.2) is 45.5 Å². The molecule has 0 amide bonds. The van der Waals surface area contributed by atoms with E-state index in [0.717, 1.165) is 14.6 Å². The second-order valence-corrected chi connectivity index (χ2v) is 5.58. The number of hydrogen-bond acceptors (Lipinski definition) is 4. The molecule has 0 spiro atoms. The minimum Gasteiger partial charge on any atom is -0.485 e. The molecule has 6 heteroatoms. The molecule has 0 fully saturated rings. The van der Waals surface area contributed by atoms with Crippen molar-refractivity contribution >= 4 is 37.8 Å². The van der Waals surface area contributed by atoms with Crippen molar-refractivity contribution in [2.75, 3.05) is 7.11 Å². The largest absolute Gasteiger partial charge is 0.485 e. The quantitative estimate of drug-likeness (QED) is 0.728. The van der Waals surface area contributed by atoms with Crippen molar-refractivity contribution in [3.8, 4) is 5.75 Å². The lowest BCUT2D eigenvalue weighted by Gasteiger charge is -2.09. The Labute approximate surface area is 133 Å². The van der Waals surface area contributed by atoms with Crippen LogP contribution in [-0.4, -0.2) is 18.1 Å². The van der Waals surface area contributed by atoms with Gasteiger partial charge in [0.1, 0.15) is 12.4 Å². The highest BCUT2D eigenvalue weighted by Gasteiger charge is 2.08. The van der Waals surface area contributed by atoms with Crippen molar-refractivity contribution in [2.45, 2.75) is 6.61 Å². The molecule has 2 rings (SSSR count). The number of rotatable bonds is 4. The molecule has 0 saturated carbocycles. The van der Waals surface area contributed by atoms with Crippen molar-refractivity contribution in [1.29, 1.82) is 0 Å². The Morgan fingerprint density at radius 1 is 1.20 bits per heavy atom. The Morgan fingerprint density at radius 2 is 1.90 bits per heavy atom. The van der Waals surface area contributed by atoms with E-state index in [9.17, 15) is 4.79 Å².